The summed E-state index contributed by atoms with van der Waals surface area (Å²) in [6, 6.07) is 8.05. The molecule has 3 atom stereocenters. The topological polar surface area (TPSA) is 88.8 Å². The maximum atomic E-state index is 13.2. The van der Waals surface area contributed by atoms with Crippen molar-refractivity contribution in [3.05, 3.63) is 53.5 Å². The Morgan fingerprint density at radius 3 is 2.53 bits per heavy atom. The van der Waals surface area contributed by atoms with E-state index in [1.807, 2.05) is 44.1 Å². The minimum Gasteiger partial charge on any atom is -0.377 e. The molecule has 1 aliphatic rings. The smallest absolute Gasteiger partial charge is 0.226 e. The van der Waals surface area contributed by atoms with Gasteiger partial charge in [-0.15, -0.1) is 0 Å². The van der Waals surface area contributed by atoms with Crippen LogP contribution in [0.1, 0.15) is 75.9 Å². The van der Waals surface area contributed by atoms with E-state index in [9.17, 15) is 9.59 Å². The summed E-state index contributed by atoms with van der Waals surface area (Å²) in [5.74, 6) is 0.0311. The fourth-order valence-corrected chi connectivity index (χ4v) is 5.33. The molecule has 0 bridgehead atoms. The molecule has 0 radical (unpaired) electrons. The molecule has 1 saturated carbocycles. The van der Waals surface area contributed by atoms with Crippen LogP contribution < -0.4 is 5.32 Å². The standard InChI is InChI=1S/C28H37N5O3/c1-17-16-33-26(30-17)24(18(2)36-7)23(15-29-33)31-21-11-8-19(9-12-21)25(28(3,4)5)32(6)27(35)20-10-13-22(34)14-20/h8-9,11-12,15-16,18,20,25,31H,10,13-14H2,1-7H3/t18-,20-,25-/m0/s1. The van der Waals surface area contributed by atoms with E-state index < -0.39 is 0 Å². The summed E-state index contributed by atoms with van der Waals surface area (Å²) in [5, 5.41) is 7.99. The predicted octanol–water partition coefficient (Wildman–Crippen LogP) is 5.40. The van der Waals surface area contributed by atoms with E-state index in [-0.39, 0.29) is 35.2 Å². The van der Waals surface area contributed by atoms with Gasteiger partial charge in [0, 0.05) is 38.6 Å². The van der Waals surface area contributed by atoms with Crippen LogP contribution in [-0.2, 0) is 14.3 Å². The van der Waals surface area contributed by atoms with Gasteiger partial charge in [0.15, 0.2) is 5.65 Å². The number of fused-ring (bicyclic) bond motifs is 1. The molecule has 4 rings (SSSR count). The lowest BCUT2D eigenvalue weighted by Gasteiger charge is -2.39. The Hall–Kier alpha value is -3.26. The van der Waals surface area contributed by atoms with Crippen LogP contribution in [0, 0.1) is 18.3 Å². The Bertz CT molecular complexity index is 1260. The zero-order chi connectivity index (χ0) is 26.2. The van der Waals surface area contributed by atoms with Gasteiger partial charge in [0.25, 0.3) is 0 Å². The second kappa shape index (κ2) is 10.0. The van der Waals surface area contributed by atoms with Gasteiger partial charge in [-0.1, -0.05) is 32.9 Å². The molecule has 0 saturated heterocycles. The number of amides is 1. The lowest BCUT2D eigenvalue weighted by atomic mass is 9.81. The number of carbonyl (C=O) groups excluding carboxylic acids is 2. The van der Waals surface area contributed by atoms with E-state index >= 15 is 0 Å². The third-order valence-corrected chi connectivity index (χ3v) is 7.07. The lowest BCUT2D eigenvalue weighted by molar-refractivity contribution is -0.139. The summed E-state index contributed by atoms with van der Waals surface area (Å²) in [6.07, 6.45) is 5.03. The first-order valence-corrected chi connectivity index (χ1v) is 12.5. The average molecular weight is 492 g/mol. The Kier molecular flexibility index (Phi) is 7.18. The number of aromatic nitrogens is 3. The Balaban J connectivity index is 1.61. The molecular formula is C28H37N5O3. The fourth-order valence-electron chi connectivity index (χ4n) is 5.33. The number of rotatable bonds is 7. The largest absolute Gasteiger partial charge is 0.377 e. The molecule has 8 nitrogen and oxygen atoms in total. The number of aryl methyl sites for hydroxylation is 1. The highest BCUT2D eigenvalue weighted by Gasteiger charge is 2.37. The van der Waals surface area contributed by atoms with Crippen molar-refractivity contribution >= 4 is 28.7 Å². The van der Waals surface area contributed by atoms with Gasteiger partial charge < -0.3 is 15.0 Å². The molecule has 0 spiro atoms. The third-order valence-electron chi connectivity index (χ3n) is 7.07. The number of benzene rings is 1. The van der Waals surface area contributed by atoms with Crippen molar-refractivity contribution in [1.82, 2.24) is 19.5 Å². The van der Waals surface area contributed by atoms with Crippen LogP contribution in [0.2, 0.25) is 0 Å². The summed E-state index contributed by atoms with van der Waals surface area (Å²) in [4.78, 5) is 31.5. The number of carbonyl (C=O) groups is 2. The summed E-state index contributed by atoms with van der Waals surface area (Å²) in [7, 11) is 3.54. The first-order chi connectivity index (χ1) is 17.0. The molecule has 1 aliphatic carbocycles. The van der Waals surface area contributed by atoms with Crippen molar-refractivity contribution in [2.45, 2.75) is 66.0 Å². The summed E-state index contributed by atoms with van der Waals surface area (Å²) in [5.41, 5.74) is 5.20. The number of anilines is 2. The van der Waals surface area contributed by atoms with Crippen LogP contribution in [0.4, 0.5) is 11.4 Å². The summed E-state index contributed by atoms with van der Waals surface area (Å²) < 4.78 is 7.41. The number of ether oxygens (including phenoxy) is 1. The van der Waals surface area contributed by atoms with Crippen molar-refractivity contribution in [2.24, 2.45) is 11.3 Å². The van der Waals surface area contributed by atoms with Crippen molar-refractivity contribution in [3.63, 3.8) is 0 Å². The predicted molar refractivity (Wildman–Crippen MR) is 140 cm³/mol. The van der Waals surface area contributed by atoms with Gasteiger partial charge in [-0.3, -0.25) is 9.59 Å². The van der Waals surface area contributed by atoms with E-state index in [0.29, 0.717) is 19.3 Å². The van der Waals surface area contributed by atoms with Crippen molar-refractivity contribution in [1.29, 1.82) is 0 Å². The zero-order valence-corrected chi connectivity index (χ0v) is 22.3. The minimum atomic E-state index is -0.205. The molecule has 0 unspecified atom stereocenters. The van der Waals surface area contributed by atoms with Gasteiger partial charge in [0.1, 0.15) is 5.78 Å². The summed E-state index contributed by atoms with van der Waals surface area (Å²) in [6.45, 7) is 10.4. The average Bonchev–Trinajstić information content (AvgIpc) is 3.42. The van der Waals surface area contributed by atoms with Gasteiger partial charge in [0.05, 0.1) is 41.5 Å². The second-order valence-electron chi connectivity index (χ2n) is 10.9. The first kappa shape index (κ1) is 25.8. The van der Waals surface area contributed by atoms with Gasteiger partial charge in [-0.25, -0.2) is 9.50 Å². The van der Waals surface area contributed by atoms with Crippen LogP contribution in [-0.4, -0.2) is 45.3 Å². The van der Waals surface area contributed by atoms with Crippen molar-refractivity contribution in [2.75, 3.05) is 19.5 Å². The van der Waals surface area contributed by atoms with Crippen molar-refractivity contribution < 1.29 is 14.3 Å². The molecule has 3 aromatic rings. The van der Waals surface area contributed by atoms with Gasteiger partial charge >= 0.3 is 0 Å². The molecule has 0 aliphatic heterocycles. The van der Waals surface area contributed by atoms with Crippen LogP contribution in [0.15, 0.2) is 36.7 Å². The molecular weight excluding hydrogens is 454 g/mol. The van der Waals surface area contributed by atoms with Crippen LogP contribution >= 0.6 is 0 Å². The SMILES string of the molecule is CO[C@@H](C)c1c(Nc2ccc([C@H](N(C)C(=O)[C@H]3CCC(=O)C3)C(C)(C)C)cc2)cnn2cc(C)nc12. The van der Waals surface area contributed by atoms with E-state index in [4.69, 9.17) is 4.74 Å². The molecule has 36 heavy (non-hydrogen) atoms. The number of methoxy groups -OCH3 is 1. The van der Waals surface area contributed by atoms with E-state index in [1.165, 1.54) is 0 Å². The normalized spacial score (nSPS) is 17.9. The quantitative estimate of drug-likeness (QED) is 0.476. The second-order valence-corrected chi connectivity index (χ2v) is 10.9. The lowest BCUT2D eigenvalue weighted by Crippen LogP contribution is -2.41. The number of hydrogen-bond acceptors (Lipinski definition) is 6. The molecule has 2 heterocycles. The third kappa shape index (κ3) is 5.14. The molecule has 1 fully saturated rings. The molecule has 8 heteroatoms. The van der Waals surface area contributed by atoms with Crippen LogP contribution in [0.25, 0.3) is 5.65 Å². The van der Waals surface area contributed by atoms with Crippen LogP contribution in [0.5, 0.6) is 0 Å². The van der Waals surface area contributed by atoms with Gasteiger partial charge in [-0.2, -0.15) is 5.10 Å². The maximum absolute atomic E-state index is 13.2. The zero-order valence-electron chi connectivity index (χ0n) is 22.3. The molecule has 1 N–H and O–H groups in total. The molecule has 1 aromatic carbocycles. The van der Waals surface area contributed by atoms with Crippen LogP contribution in [0.3, 0.4) is 0 Å². The highest BCUT2D eigenvalue weighted by atomic mass is 16.5. The van der Waals surface area contributed by atoms with Crippen molar-refractivity contribution in [3.8, 4) is 0 Å². The Morgan fingerprint density at radius 2 is 1.94 bits per heavy atom. The maximum Gasteiger partial charge on any atom is 0.226 e. The van der Waals surface area contributed by atoms with E-state index in [0.717, 1.165) is 33.8 Å². The van der Waals surface area contributed by atoms with Gasteiger partial charge in [0.2, 0.25) is 5.91 Å². The minimum absolute atomic E-state index is 0.0514. The highest BCUT2D eigenvalue weighted by molar-refractivity contribution is 5.90. The monoisotopic (exact) mass is 491 g/mol. The Labute approximate surface area is 213 Å². The fraction of sp³-hybridized carbons (Fsp3) is 0.500. The number of nitrogens with zero attached hydrogens (tertiary/aromatic N) is 4. The number of hydrogen-bond donors (Lipinski definition) is 1. The number of imidazole rings is 1. The van der Waals surface area contributed by atoms with Gasteiger partial charge in [-0.05, 0) is 43.4 Å². The molecule has 2 aromatic heterocycles. The number of Topliss-reactive ketones (excluding diaryl/α,β-unsaturated/α-hetero) is 1. The number of ketones is 1. The highest BCUT2D eigenvalue weighted by Crippen LogP contribution is 2.40. The molecule has 192 valence electrons. The Morgan fingerprint density at radius 1 is 1.25 bits per heavy atom. The van der Waals surface area contributed by atoms with E-state index in [2.05, 4.69) is 48.3 Å². The van der Waals surface area contributed by atoms with E-state index in [1.54, 1.807) is 17.8 Å². The first-order valence-electron chi connectivity index (χ1n) is 12.5. The summed E-state index contributed by atoms with van der Waals surface area (Å²) >= 11 is 0. The number of nitrogens with one attached hydrogen (secondary N) is 1. The molecule has 1 amide bonds.